The topological polar surface area (TPSA) is 12.0 Å². The molecule has 0 bridgehead atoms. The molecule has 0 aliphatic carbocycles. The van der Waals surface area contributed by atoms with Gasteiger partial charge in [-0.3, -0.25) is 0 Å². The molecule has 1 nitrogen and oxygen atoms in total. The van der Waals surface area contributed by atoms with Crippen molar-refractivity contribution >= 4 is 11.6 Å². The van der Waals surface area contributed by atoms with E-state index < -0.39 is 11.6 Å². The molecule has 0 saturated carbocycles. The summed E-state index contributed by atoms with van der Waals surface area (Å²) in [5.74, 6) is -0.858. The largest absolute Gasteiger partial charge is 0.313 e. The minimum atomic E-state index is -0.796. The van der Waals surface area contributed by atoms with Crippen LogP contribution >= 0.6 is 11.6 Å². The fourth-order valence-electron chi connectivity index (χ4n) is 1.58. The molecule has 0 unspecified atom stereocenters. The van der Waals surface area contributed by atoms with E-state index in [9.17, 15) is 8.78 Å². The smallest absolute Gasteiger partial charge is 0.159 e. The molecule has 0 saturated heterocycles. The summed E-state index contributed by atoms with van der Waals surface area (Å²) in [6, 6.07) is 3.99. The van der Waals surface area contributed by atoms with Gasteiger partial charge < -0.3 is 5.32 Å². The van der Waals surface area contributed by atoms with Crippen molar-refractivity contribution in [3.63, 3.8) is 0 Å². The van der Waals surface area contributed by atoms with Gasteiger partial charge in [-0.05, 0) is 37.1 Å². The summed E-state index contributed by atoms with van der Waals surface area (Å²) in [6.07, 6.45) is 4.44. The standard InChI is InChI=1S/C13H18ClF2N/c14-7-3-1-2-4-8-17-10-11-5-6-12(15)13(16)9-11/h5-6,9,17H,1-4,7-8,10H2. The Hall–Kier alpha value is -0.670. The minimum absolute atomic E-state index is 0.576. The molecule has 1 aromatic rings. The van der Waals surface area contributed by atoms with Gasteiger partial charge in [-0.15, -0.1) is 11.6 Å². The van der Waals surface area contributed by atoms with Crippen LogP contribution in [0.1, 0.15) is 31.2 Å². The Morgan fingerprint density at radius 1 is 1.00 bits per heavy atom. The van der Waals surface area contributed by atoms with Crippen molar-refractivity contribution in [1.29, 1.82) is 0 Å². The number of hydrogen-bond donors (Lipinski definition) is 1. The first-order valence-electron chi connectivity index (χ1n) is 5.94. The van der Waals surface area contributed by atoms with Gasteiger partial charge in [0.05, 0.1) is 0 Å². The highest BCUT2D eigenvalue weighted by Gasteiger charge is 2.01. The number of unbranched alkanes of at least 4 members (excludes halogenated alkanes) is 3. The third-order valence-corrected chi connectivity index (χ3v) is 2.82. The second-order valence-electron chi connectivity index (χ2n) is 4.03. The molecular weight excluding hydrogens is 244 g/mol. The van der Waals surface area contributed by atoms with Crippen LogP contribution in [-0.2, 0) is 6.54 Å². The van der Waals surface area contributed by atoms with Gasteiger partial charge in [-0.2, -0.15) is 0 Å². The van der Waals surface area contributed by atoms with Crippen molar-refractivity contribution in [1.82, 2.24) is 5.32 Å². The molecule has 0 spiro atoms. The quantitative estimate of drug-likeness (QED) is 0.554. The van der Waals surface area contributed by atoms with E-state index in [4.69, 9.17) is 11.6 Å². The van der Waals surface area contributed by atoms with E-state index in [1.165, 1.54) is 6.07 Å². The Kier molecular flexibility index (Phi) is 7.13. The molecule has 0 fully saturated rings. The SMILES string of the molecule is Fc1ccc(CNCCCCCCCl)cc1F. The van der Waals surface area contributed by atoms with Crippen molar-refractivity contribution in [2.45, 2.75) is 32.2 Å². The molecule has 0 amide bonds. The van der Waals surface area contributed by atoms with E-state index >= 15 is 0 Å². The molecular formula is C13H18ClF2N. The number of alkyl halides is 1. The molecule has 4 heteroatoms. The Balaban J connectivity index is 2.11. The summed E-state index contributed by atoms with van der Waals surface area (Å²) in [4.78, 5) is 0. The summed E-state index contributed by atoms with van der Waals surface area (Å²) in [5, 5.41) is 3.20. The van der Waals surface area contributed by atoms with E-state index in [0.29, 0.717) is 6.54 Å². The van der Waals surface area contributed by atoms with Gasteiger partial charge in [0.1, 0.15) is 0 Å². The van der Waals surface area contributed by atoms with Crippen molar-refractivity contribution < 1.29 is 8.78 Å². The first kappa shape index (κ1) is 14.4. The second-order valence-corrected chi connectivity index (χ2v) is 4.41. The average Bonchev–Trinajstić information content (AvgIpc) is 2.32. The summed E-state index contributed by atoms with van der Waals surface area (Å²) >= 11 is 5.57. The second kappa shape index (κ2) is 8.43. The number of benzene rings is 1. The van der Waals surface area contributed by atoms with Crippen molar-refractivity contribution in [3.05, 3.63) is 35.4 Å². The highest BCUT2D eigenvalue weighted by atomic mass is 35.5. The normalized spacial score (nSPS) is 10.8. The van der Waals surface area contributed by atoms with E-state index in [2.05, 4.69) is 5.32 Å². The Morgan fingerprint density at radius 3 is 2.47 bits per heavy atom. The van der Waals surface area contributed by atoms with Crippen LogP contribution in [0, 0.1) is 11.6 Å². The first-order chi connectivity index (χ1) is 8.24. The minimum Gasteiger partial charge on any atom is -0.313 e. The highest BCUT2D eigenvalue weighted by Crippen LogP contribution is 2.08. The van der Waals surface area contributed by atoms with Gasteiger partial charge in [0, 0.05) is 12.4 Å². The van der Waals surface area contributed by atoms with E-state index in [1.807, 2.05) is 0 Å². The van der Waals surface area contributed by atoms with E-state index in [0.717, 1.165) is 49.7 Å². The van der Waals surface area contributed by atoms with Crippen LogP contribution in [-0.4, -0.2) is 12.4 Å². The fraction of sp³-hybridized carbons (Fsp3) is 0.538. The molecule has 0 aliphatic heterocycles. The third-order valence-electron chi connectivity index (χ3n) is 2.55. The summed E-state index contributed by atoms with van der Waals surface area (Å²) < 4.78 is 25.5. The zero-order chi connectivity index (χ0) is 12.5. The predicted molar refractivity (Wildman–Crippen MR) is 67.3 cm³/mol. The molecule has 0 aliphatic rings. The highest BCUT2D eigenvalue weighted by molar-refractivity contribution is 6.17. The molecule has 96 valence electrons. The van der Waals surface area contributed by atoms with Crippen molar-refractivity contribution in [2.24, 2.45) is 0 Å². The van der Waals surface area contributed by atoms with Crippen LogP contribution in [0.15, 0.2) is 18.2 Å². The molecule has 1 aromatic carbocycles. The summed E-state index contributed by atoms with van der Waals surface area (Å²) in [5.41, 5.74) is 0.768. The van der Waals surface area contributed by atoms with E-state index in [1.54, 1.807) is 6.07 Å². The lowest BCUT2D eigenvalue weighted by molar-refractivity contribution is 0.505. The van der Waals surface area contributed by atoms with E-state index in [-0.39, 0.29) is 0 Å². The Labute approximate surface area is 106 Å². The maximum atomic E-state index is 12.9. The van der Waals surface area contributed by atoms with Crippen LogP contribution in [0.2, 0.25) is 0 Å². The van der Waals surface area contributed by atoms with Crippen LogP contribution in [0.4, 0.5) is 8.78 Å². The molecule has 0 aromatic heterocycles. The van der Waals surface area contributed by atoms with Gasteiger partial charge in [-0.1, -0.05) is 18.9 Å². The zero-order valence-electron chi connectivity index (χ0n) is 9.82. The maximum Gasteiger partial charge on any atom is 0.159 e. The molecule has 0 atom stereocenters. The number of rotatable bonds is 8. The zero-order valence-corrected chi connectivity index (χ0v) is 10.6. The Morgan fingerprint density at radius 2 is 1.76 bits per heavy atom. The number of nitrogens with one attached hydrogen (secondary N) is 1. The van der Waals surface area contributed by atoms with Gasteiger partial charge in [0.15, 0.2) is 11.6 Å². The lowest BCUT2D eigenvalue weighted by Crippen LogP contribution is -2.14. The van der Waals surface area contributed by atoms with Crippen LogP contribution in [0.3, 0.4) is 0 Å². The average molecular weight is 262 g/mol. The van der Waals surface area contributed by atoms with Gasteiger partial charge in [0.2, 0.25) is 0 Å². The van der Waals surface area contributed by atoms with Crippen molar-refractivity contribution in [3.8, 4) is 0 Å². The first-order valence-corrected chi connectivity index (χ1v) is 6.48. The third kappa shape index (κ3) is 5.99. The number of hydrogen-bond acceptors (Lipinski definition) is 1. The summed E-state index contributed by atoms with van der Waals surface area (Å²) in [7, 11) is 0. The lowest BCUT2D eigenvalue weighted by atomic mass is 10.2. The Bertz CT molecular complexity index is 331. The van der Waals surface area contributed by atoms with Gasteiger partial charge >= 0.3 is 0 Å². The van der Waals surface area contributed by atoms with Crippen molar-refractivity contribution in [2.75, 3.05) is 12.4 Å². The lowest BCUT2D eigenvalue weighted by Gasteiger charge is -2.05. The fourth-order valence-corrected chi connectivity index (χ4v) is 1.77. The molecule has 0 heterocycles. The number of halogens is 3. The molecule has 17 heavy (non-hydrogen) atoms. The van der Waals surface area contributed by atoms with Gasteiger partial charge in [0.25, 0.3) is 0 Å². The monoisotopic (exact) mass is 261 g/mol. The molecule has 1 rings (SSSR count). The van der Waals surface area contributed by atoms with Crippen LogP contribution < -0.4 is 5.32 Å². The van der Waals surface area contributed by atoms with Crippen LogP contribution in [0.5, 0.6) is 0 Å². The predicted octanol–water partition coefficient (Wildman–Crippen LogP) is 3.85. The summed E-state index contributed by atoms with van der Waals surface area (Å²) in [6.45, 7) is 1.47. The molecule has 1 N–H and O–H groups in total. The van der Waals surface area contributed by atoms with Crippen LogP contribution in [0.25, 0.3) is 0 Å². The van der Waals surface area contributed by atoms with Gasteiger partial charge in [-0.25, -0.2) is 8.78 Å². The maximum absolute atomic E-state index is 12.9. The molecule has 0 radical (unpaired) electrons.